The van der Waals surface area contributed by atoms with Crippen molar-refractivity contribution in [3.8, 4) is 5.88 Å². The van der Waals surface area contributed by atoms with E-state index in [1.807, 2.05) is 0 Å². The van der Waals surface area contributed by atoms with E-state index in [0.717, 1.165) is 13.3 Å². The van der Waals surface area contributed by atoms with Crippen molar-refractivity contribution >= 4 is 16.8 Å². The fourth-order valence-corrected chi connectivity index (χ4v) is 1.15. The van der Waals surface area contributed by atoms with Crippen molar-refractivity contribution in [1.82, 2.24) is 4.98 Å². The number of carbonyl (C=O) groups excluding carboxylic acids is 1. The summed E-state index contributed by atoms with van der Waals surface area (Å²) in [6.07, 6.45) is -2.42. The summed E-state index contributed by atoms with van der Waals surface area (Å²) in [5, 5.41) is -1.20. The van der Waals surface area contributed by atoms with Gasteiger partial charge in [-0.05, 0) is 11.6 Å². The average molecular weight is 240 g/mol. The van der Waals surface area contributed by atoms with Crippen LogP contribution in [0.5, 0.6) is 5.88 Å². The lowest BCUT2D eigenvalue weighted by molar-refractivity contribution is 0.106. The highest BCUT2D eigenvalue weighted by molar-refractivity contribution is 6.67. The average Bonchev–Trinajstić information content (AvgIpc) is 2.16. The standard InChI is InChI=1S/C8H5ClF3NO2/c1-15-8-5(10)4(7(11)12)3(2-13-8)6(9)14/h2,7H,1H3. The highest BCUT2D eigenvalue weighted by Gasteiger charge is 2.25. The summed E-state index contributed by atoms with van der Waals surface area (Å²) >= 11 is 5.00. The summed E-state index contributed by atoms with van der Waals surface area (Å²) in [5.74, 6) is -1.98. The Bertz CT molecular complexity index is 398. The number of carbonyl (C=O) groups is 1. The number of rotatable bonds is 3. The number of nitrogens with zero attached hydrogens (tertiary/aromatic N) is 1. The van der Waals surface area contributed by atoms with E-state index in [2.05, 4.69) is 9.72 Å². The number of pyridine rings is 1. The van der Waals surface area contributed by atoms with Crippen molar-refractivity contribution in [3.63, 3.8) is 0 Å². The Hall–Kier alpha value is -1.30. The number of halogens is 4. The van der Waals surface area contributed by atoms with Crippen molar-refractivity contribution in [2.24, 2.45) is 0 Å². The molecule has 0 spiro atoms. The molecule has 3 nitrogen and oxygen atoms in total. The number of alkyl halides is 2. The highest BCUT2D eigenvalue weighted by Crippen LogP contribution is 2.30. The fourth-order valence-electron chi connectivity index (χ4n) is 0.995. The largest absolute Gasteiger partial charge is 0.479 e. The van der Waals surface area contributed by atoms with Gasteiger partial charge in [-0.3, -0.25) is 4.79 Å². The quantitative estimate of drug-likeness (QED) is 0.761. The number of hydrogen-bond donors (Lipinski definition) is 0. The van der Waals surface area contributed by atoms with Crippen LogP contribution in [0.1, 0.15) is 22.3 Å². The Morgan fingerprint density at radius 2 is 2.20 bits per heavy atom. The predicted octanol–water partition coefficient (Wildman–Crippen LogP) is 2.55. The van der Waals surface area contributed by atoms with E-state index in [0.29, 0.717) is 0 Å². The summed E-state index contributed by atoms with van der Waals surface area (Å²) < 4.78 is 42.5. The molecular weight excluding hydrogens is 235 g/mol. The maximum atomic E-state index is 13.3. The van der Waals surface area contributed by atoms with E-state index in [1.165, 1.54) is 0 Å². The van der Waals surface area contributed by atoms with Crippen LogP contribution < -0.4 is 4.74 Å². The molecule has 1 rings (SSSR count). The Morgan fingerprint density at radius 3 is 2.60 bits per heavy atom. The van der Waals surface area contributed by atoms with E-state index in [-0.39, 0.29) is 0 Å². The summed E-state index contributed by atoms with van der Waals surface area (Å²) in [6.45, 7) is 0. The third-order valence-electron chi connectivity index (χ3n) is 1.65. The van der Waals surface area contributed by atoms with Crippen molar-refractivity contribution in [2.45, 2.75) is 6.43 Å². The normalized spacial score (nSPS) is 10.5. The van der Waals surface area contributed by atoms with Gasteiger partial charge in [-0.2, -0.15) is 0 Å². The molecule has 15 heavy (non-hydrogen) atoms. The van der Waals surface area contributed by atoms with Crippen LogP contribution in [0.4, 0.5) is 13.2 Å². The van der Waals surface area contributed by atoms with Crippen LogP contribution in [0.2, 0.25) is 0 Å². The zero-order chi connectivity index (χ0) is 11.6. The van der Waals surface area contributed by atoms with Crippen LogP contribution in [0.3, 0.4) is 0 Å². The molecule has 0 unspecified atom stereocenters. The summed E-state index contributed by atoms with van der Waals surface area (Å²) in [4.78, 5) is 14.0. The van der Waals surface area contributed by atoms with Gasteiger partial charge in [0.15, 0.2) is 5.82 Å². The molecule has 0 aromatic carbocycles. The topological polar surface area (TPSA) is 39.2 Å². The molecule has 0 amide bonds. The lowest BCUT2D eigenvalue weighted by Crippen LogP contribution is -2.05. The zero-order valence-electron chi connectivity index (χ0n) is 7.43. The van der Waals surface area contributed by atoms with Gasteiger partial charge in [0.1, 0.15) is 0 Å². The first-order valence-electron chi connectivity index (χ1n) is 3.69. The molecular formula is C8H5ClF3NO2. The number of aromatic nitrogens is 1. The minimum absolute atomic E-state index is 0.605. The molecule has 0 aliphatic rings. The van der Waals surface area contributed by atoms with Gasteiger partial charge in [0.2, 0.25) is 0 Å². The first kappa shape index (κ1) is 11.8. The molecule has 7 heteroatoms. The van der Waals surface area contributed by atoms with E-state index in [9.17, 15) is 18.0 Å². The molecule has 0 saturated heterocycles. The van der Waals surface area contributed by atoms with Crippen LogP contribution in [0.25, 0.3) is 0 Å². The summed E-state index contributed by atoms with van der Waals surface area (Å²) in [6, 6.07) is 0. The van der Waals surface area contributed by atoms with Crippen LogP contribution in [-0.4, -0.2) is 17.3 Å². The lowest BCUT2D eigenvalue weighted by Gasteiger charge is -2.08. The number of hydrogen-bond acceptors (Lipinski definition) is 3. The van der Waals surface area contributed by atoms with E-state index < -0.39 is 34.5 Å². The molecule has 0 saturated carbocycles. The maximum Gasteiger partial charge on any atom is 0.267 e. The SMILES string of the molecule is COc1ncc(C(=O)Cl)c(C(F)F)c1F. The molecule has 82 valence electrons. The second kappa shape index (κ2) is 4.48. The molecule has 0 N–H and O–H groups in total. The van der Waals surface area contributed by atoms with Crippen molar-refractivity contribution < 1.29 is 22.7 Å². The number of methoxy groups -OCH3 is 1. The van der Waals surface area contributed by atoms with Gasteiger partial charge in [-0.15, -0.1) is 0 Å². The Morgan fingerprint density at radius 1 is 1.60 bits per heavy atom. The first-order valence-corrected chi connectivity index (χ1v) is 4.07. The van der Waals surface area contributed by atoms with Gasteiger partial charge >= 0.3 is 0 Å². The molecule has 0 aliphatic carbocycles. The zero-order valence-corrected chi connectivity index (χ0v) is 8.19. The van der Waals surface area contributed by atoms with Crippen molar-refractivity contribution in [1.29, 1.82) is 0 Å². The minimum Gasteiger partial charge on any atom is -0.479 e. The molecule has 1 aromatic rings. The van der Waals surface area contributed by atoms with Crippen LogP contribution >= 0.6 is 11.6 Å². The van der Waals surface area contributed by atoms with Crippen LogP contribution in [-0.2, 0) is 0 Å². The first-order chi connectivity index (χ1) is 6.99. The van der Waals surface area contributed by atoms with Gasteiger partial charge in [0.05, 0.1) is 18.2 Å². The van der Waals surface area contributed by atoms with E-state index >= 15 is 0 Å². The van der Waals surface area contributed by atoms with E-state index in [4.69, 9.17) is 11.6 Å². The molecule has 1 aromatic heterocycles. The molecule has 0 aliphatic heterocycles. The second-order valence-corrected chi connectivity index (χ2v) is 2.83. The number of ether oxygens (including phenoxy) is 1. The smallest absolute Gasteiger partial charge is 0.267 e. The van der Waals surface area contributed by atoms with Gasteiger partial charge in [-0.1, -0.05) is 0 Å². The second-order valence-electron chi connectivity index (χ2n) is 2.48. The predicted molar refractivity (Wildman–Crippen MR) is 45.9 cm³/mol. The van der Waals surface area contributed by atoms with E-state index in [1.54, 1.807) is 0 Å². The summed E-state index contributed by atoms with van der Waals surface area (Å²) in [7, 11) is 1.07. The van der Waals surface area contributed by atoms with Gasteiger partial charge < -0.3 is 4.74 Å². The Balaban J connectivity index is 3.44. The Kier molecular flexibility index (Phi) is 3.52. The monoisotopic (exact) mass is 239 g/mol. The molecule has 0 radical (unpaired) electrons. The highest BCUT2D eigenvalue weighted by atomic mass is 35.5. The molecule has 0 fully saturated rings. The minimum atomic E-state index is -3.17. The molecule has 1 heterocycles. The fraction of sp³-hybridized carbons (Fsp3) is 0.250. The van der Waals surface area contributed by atoms with Crippen LogP contribution in [0.15, 0.2) is 6.20 Å². The molecule has 0 bridgehead atoms. The third kappa shape index (κ3) is 2.20. The van der Waals surface area contributed by atoms with Crippen LogP contribution in [0, 0.1) is 5.82 Å². The maximum absolute atomic E-state index is 13.3. The summed E-state index contributed by atoms with van der Waals surface area (Å²) in [5.41, 5.74) is -1.76. The van der Waals surface area contributed by atoms with Crippen molar-refractivity contribution in [3.05, 3.63) is 23.1 Å². The van der Waals surface area contributed by atoms with Gasteiger partial charge in [-0.25, -0.2) is 18.2 Å². The van der Waals surface area contributed by atoms with Gasteiger partial charge in [0, 0.05) is 6.20 Å². The molecule has 0 atom stereocenters. The third-order valence-corrected chi connectivity index (χ3v) is 1.85. The van der Waals surface area contributed by atoms with Gasteiger partial charge in [0.25, 0.3) is 17.5 Å². The van der Waals surface area contributed by atoms with Crippen molar-refractivity contribution in [2.75, 3.05) is 7.11 Å². The lowest BCUT2D eigenvalue weighted by atomic mass is 10.1. The Labute approximate surface area is 87.8 Å².